The predicted molar refractivity (Wildman–Crippen MR) is 47.2 cm³/mol. The van der Waals surface area contributed by atoms with Crippen LogP contribution in [0.2, 0.25) is 0 Å². The van der Waals surface area contributed by atoms with Gasteiger partial charge in [0.15, 0.2) is 0 Å². The third kappa shape index (κ3) is 4.99. The van der Waals surface area contributed by atoms with Crippen LogP contribution in [-0.4, -0.2) is 24.6 Å². The highest BCUT2D eigenvalue weighted by Crippen LogP contribution is 2.25. The van der Waals surface area contributed by atoms with Gasteiger partial charge in [0, 0.05) is 5.25 Å². The lowest BCUT2D eigenvalue weighted by atomic mass is 10.3. The minimum atomic E-state index is -0.131. The van der Waals surface area contributed by atoms with Crippen LogP contribution in [0.25, 0.3) is 0 Å². The van der Waals surface area contributed by atoms with E-state index in [0.29, 0.717) is 11.7 Å². The van der Waals surface area contributed by atoms with Crippen molar-refractivity contribution in [2.75, 3.05) is 13.4 Å². The Morgan fingerprint density at radius 3 is 2.70 bits per heavy atom. The monoisotopic (exact) mass is 180 g/mol. The Morgan fingerprint density at radius 2 is 2.30 bits per heavy atom. The van der Waals surface area contributed by atoms with E-state index in [1.54, 1.807) is 21.6 Å². The topological polar surface area (TPSA) is 26.3 Å². The van der Waals surface area contributed by atoms with E-state index in [2.05, 4.69) is 4.74 Å². The Balaban J connectivity index is 3.37. The van der Waals surface area contributed by atoms with Crippen LogP contribution < -0.4 is 0 Å². The van der Waals surface area contributed by atoms with E-state index in [1.165, 1.54) is 7.11 Å². The molecule has 60 valence electrons. The molecule has 0 saturated carbocycles. The van der Waals surface area contributed by atoms with Gasteiger partial charge in [0.1, 0.15) is 0 Å². The summed E-state index contributed by atoms with van der Waals surface area (Å²) in [6.45, 7) is 2.01. The maximum Gasteiger partial charge on any atom is 0.306 e. The molecule has 0 aliphatic rings. The zero-order chi connectivity index (χ0) is 7.98. The van der Waals surface area contributed by atoms with Crippen LogP contribution in [0.3, 0.4) is 0 Å². The molecule has 0 aromatic heterocycles. The normalized spacial score (nSPS) is 12.7. The number of ether oxygens (including phenoxy) is 1. The molecule has 0 heterocycles. The van der Waals surface area contributed by atoms with E-state index in [4.69, 9.17) is 0 Å². The Labute approximate surface area is 69.5 Å². The number of rotatable bonds is 4. The van der Waals surface area contributed by atoms with Crippen molar-refractivity contribution in [3.05, 3.63) is 0 Å². The van der Waals surface area contributed by atoms with Gasteiger partial charge >= 0.3 is 5.97 Å². The largest absolute Gasteiger partial charge is 0.469 e. The molecule has 0 radical (unpaired) electrons. The molecule has 0 saturated heterocycles. The van der Waals surface area contributed by atoms with Crippen molar-refractivity contribution in [2.45, 2.75) is 18.6 Å². The lowest BCUT2D eigenvalue weighted by Gasteiger charge is -2.05. The maximum absolute atomic E-state index is 10.7. The first kappa shape index (κ1) is 10.2. The highest BCUT2D eigenvalue weighted by Gasteiger charge is 2.07. The van der Waals surface area contributed by atoms with E-state index in [-0.39, 0.29) is 5.97 Å². The van der Waals surface area contributed by atoms with Crippen LogP contribution >= 0.6 is 21.6 Å². The van der Waals surface area contributed by atoms with Crippen molar-refractivity contribution in [1.82, 2.24) is 0 Å². The molecule has 0 aromatic rings. The SMILES string of the molecule is COC(=O)CC(C)SSC. The zero-order valence-corrected chi connectivity index (χ0v) is 8.05. The van der Waals surface area contributed by atoms with Gasteiger partial charge in [-0.3, -0.25) is 4.79 Å². The molecule has 0 aliphatic carbocycles. The fourth-order valence-electron chi connectivity index (χ4n) is 0.516. The van der Waals surface area contributed by atoms with Crippen LogP contribution in [0.4, 0.5) is 0 Å². The van der Waals surface area contributed by atoms with Crippen LogP contribution in [0.1, 0.15) is 13.3 Å². The van der Waals surface area contributed by atoms with Crippen molar-refractivity contribution >= 4 is 27.6 Å². The second-order valence-corrected chi connectivity index (χ2v) is 4.76. The molecule has 0 aromatic carbocycles. The van der Waals surface area contributed by atoms with Gasteiger partial charge in [0.2, 0.25) is 0 Å². The number of esters is 1. The van der Waals surface area contributed by atoms with Gasteiger partial charge < -0.3 is 4.74 Å². The van der Waals surface area contributed by atoms with Crippen LogP contribution in [0.15, 0.2) is 0 Å². The van der Waals surface area contributed by atoms with Gasteiger partial charge in [0.25, 0.3) is 0 Å². The van der Waals surface area contributed by atoms with E-state index in [1.807, 2.05) is 13.2 Å². The third-order valence-electron chi connectivity index (χ3n) is 0.942. The summed E-state index contributed by atoms with van der Waals surface area (Å²) in [6.07, 6.45) is 2.50. The summed E-state index contributed by atoms with van der Waals surface area (Å²) >= 11 is 0. The summed E-state index contributed by atoms with van der Waals surface area (Å²) in [6, 6.07) is 0. The van der Waals surface area contributed by atoms with Gasteiger partial charge in [-0.2, -0.15) is 0 Å². The quantitative estimate of drug-likeness (QED) is 0.488. The fraction of sp³-hybridized carbons (Fsp3) is 0.833. The highest BCUT2D eigenvalue weighted by atomic mass is 33.1. The van der Waals surface area contributed by atoms with Gasteiger partial charge in [-0.1, -0.05) is 28.5 Å². The summed E-state index contributed by atoms with van der Waals surface area (Å²) in [5.41, 5.74) is 0. The Bertz CT molecular complexity index is 106. The zero-order valence-electron chi connectivity index (χ0n) is 6.42. The molecule has 0 N–H and O–H groups in total. The molecule has 0 spiro atoms. The Hall–Kier alpha value is 0.170. The van der Waals surface area contributed by atoms with Crippen molar-refractivity contribution in [2.24, 2.45) is 0 Å². The molecular weight excluding hydrogens is 168 g/mol. The molecule has 0 amide bonds. The summed E-state index contributed by atoms with van der Waals surface area (Å²) in [7, 11) is 4.78. The number of carbonyl (C=O) groups is 1. The van der Waals surface area contributed by atoms with E-state index in [9.17, 15) is 4.79 Å². The van der Waals surface area contributed by atoms with E-state index in [0.717, 1.165) is 0 Å². The van der Waals surface area contributed by atoms with Crippen molar-refractivity contribution in [3.8, 4) is 0 Å². The number of methoxy groups -OCH3 is 1. The maximum atomic E-state index is 10.7. The second-order valence-electron chi connectivity index (χ2n) is 1.85. The molecule has 2 nitrogen and oxygen atoms in total. The summed E-state index contributed by atoms with van der Waals surface area (Å²) in [5.74, 6) is -0.131. The Morgan fingerprint density at radius 1 is 1.70 bits per heavy atom. The fourth-order valence-corrected chi connectivity index (χ4v) is 2.24. The smallest absolute Gasteiger partial charge is 0.306 e. The molecule has 0 aliphatic heterocycles. The van der Waals surface area contributed by atoms with Gasteiger partial charge in [0.05, 0.1) is 13.5 Å². The molecule has 0 fully saturated rings. The molecule has 1 unspecified atom stereocenters. The third-order valence-corrected chi connectivity index (χ3v) is 3.19. The molecule has 1 atom stereocenters. The van der Waals surface area contributed by atoms with Crippen LogP contribution in [-0.2, 0) is 9.53 Å². The van der Waals surface area contributed by atoms with Crippen molar-refractivity contribution in [1.29, 1.82) is 0 Å². The first-order chi connectivity index (χ1) is 4.70. The standard InChI is InChI=1S/C6H12O2S2/c1-5(10-9-3)4-6(7)8-2/h5H,4H2,1-3H3. The highest BCUT2D eigenvalue weighted by molar-refractivity contribution is 8.76. The van der Waals surface area contributed by atoms with Gasteiger partial charge in [-0.05, 0) is 6.26 Å². The van der Waals surface area contributed by atoms with Gasteiger partial charge in [-0.15, -0.1) is 0 Å². The van der Waals surface area contributed by atoms with Crippen LogP contribution in [0, 0.1) is 0 Å². The first-order valence-electron chi connectivity index (χ1n) is 2.97. The van der Waals surface area contributed by atoms with Crippen molar-refractivity contribution < 1.29 is 9.53 Å². The van der Waals surface area contributed by atoms with E-state index >= 15 is 0 Å². The summed E-state index contributed by atoms with van der Waals surface area (Å²) in [4.78, 5) is 10.7. The van der Waals surface area contributed by atoms with Crippen molar-refractivity contribution in [3.63, 3.8) is 0 Å². The number of carbonyl (C=O) groups excluding carboxylic acids is 1. The average molecular weight is 180 g/mol. The molecular formula is C6H12O2S2. The molecule has 0 bridgehead atoms. The number of hydrogen-bond acceptors (Lipinski definition) is 4. The van der Waals surface area contributed by atoms with E-state index < -0.39 is 0 Å². The average Bonchev–Trinajstić information content (AvgIpc) is 1.88. The number of hydrogen-bond donors (Lipinski definition) is 0. The first-order valence-corrected chi connectivity index (χ1v) is 5.59. The predicted octanol–water partition coefficient (Wildman–Crippen LogP) is 1.95. The minimum Gasteiger partial charge on any atom is -0.469 e. The summed E-state index contributed by atoms with van der Waals surface area (Å²) in [5, 5.41) is 0.349. The molecule has 4 heteroatoms. The lowest BCUT2D eigenvalue weighted by Crippen LogP contribution is -2.07. The molecule has 0 rings (SSSR count). The summed E-state index contributed by atoms with van der Waals surface area (Å²) < 4.78 is 4.51. The van der Waals surface area contributed by atoms with Gasteiger partial charge in [-0.25, -0.2) is 0 Å². The minimum absolute atomic E-state index is 0.131. The lowest BCUT2D eigenvalue weighted by molar-refractivity contribution is -0.140. The Kier molecular flexibility index (Phi) is 6.02. The van der Waals surface area contributed by atoms with Crippen LogP contribution in [0.5, 0.6) is 0 Å². The second kappa shape index (κ2) is 5.92. The molecule has 10 heavy (non-hydrogen) atoms.